The van der Waals surface area contributed by atoms with Gasteiger partial charge in [0.05, 0.1) is 13.2 Å². The van der Waals surface area contributed by atoms with Crippen molar-refractivity contribution in [2.75, 3.05) is 18.5 Å². The molecule has 1 saturated carbocycles. The molecule has 0 aromatic heterocycles. The lowest BCUT2D eigenvalue weighted by molar-refractivity contribution is -0.137. The number of imide groups is 1. The average molecular weight is 527 g/mol. The molecule has 2 atom stereocenters. The van der Waals surface area contributed by atoms with E-state index in [-0.39, 0.29) is 36.7 Å². The first-order valence-electron chi connectivity index (χ1n) is 13.5. The van der Waals surface area contributed by atoms with Gasteiger partial charge in [-0.15, -0.1) is 0 Å². The lowest BCUT2D eigenvalue weighted by atomic mass is 9.80. The highest BCUT2D eigenvalue weighted by molar-refractivity contribution is 6.06. The third kappa shape index (κ3) is 6.60. The second-order valence-electron chi connectivity index (χ2n) is 10.5. The van der Waals surface area contributed by atoms with E-state index in [4.69, 9.17) is 20.4 Å². The van der Waals surface area contributed by atoms with Gasteiger partial charge in [-0.3, -0.25) is 24.5 Å². The molecular weight excluding hydrogens is 488 g/mol. The Balaban J connectivity index is 0.00000107. The van der Waals surface area contributed by atoms with Crippen molar-refractivity contribution < 1.29 is 29.0 Å². The zero-order valence-electron chi connectivity index (χ0n) is 21.7. The Hall–Kier alpha value is -3.24. The van der Waals surface area contributed by atoms with Gasteiger partial charge < -0.3 is 25.8 Å². The van der Waals surface area contributed by atoms with Crippen molar-refractivity contribution in [3.63, 3.8) is 0 Å². The molecule has 38 heavy (non-hydrogen) atoms. The van der Waals surface area contributed by atoms with Gasteiger partial charge in [-0.1, -0.05) is 17.7 Å². The molecule has 1 aliphatic carbocycles. The maximum atomic E-state index is 13.2. The fourth-order valence-corrected chi connectivity index (χ4v) is 5.97. The van der Waals surface area contributed by atoms with Crippen LogP contribution in [0.25, 0.3) is 0 Å². The molecule has 0 spiro atoms. The number of piperidine rings is 1. The Morgan fingerprint density at radius 3 is 2.50 bits per heavy atom. The van der Waals surface area contributed by atoms with Crippen LogP contribution in [0.3, 0.4) is 0 Å². The first kappa shape index (κ1) is 27.8. The number of benzene rings is 1. The van der Waals surface area contributed by atoms with Crippen molar-refractivity contribution in [3.8, 4) is 0 Å². The molecule has 0 bridgehead atoms. The van der Waals surface area contributed by atoms with Crippen LogP contribution >= 0.6 is 0 Å². The lowest BCUT2D eigenvalue weighted by Crippen LogP contribution is -2.52. The van der Waals surface area contributed by atoms with Crippen LogP contribution in [0.15, 0.2) is 29.8 Å². The molecule has 3 aliphatic heterocycles. The molecule has 5 N–H and O–H groups in total. The van der Waals surface area contributed by atoms with E-state index < -0.39 is 6.04 Å². The summed E-state index contributed by atoms with van der Waals surface area (Å²) >= 11 is 0. The third-order valence-corrected chi connectivity index (χ3v) is 8.10. The van der Waals surface area contributed by atoms with Crippen LogP contribution < -0.4 is 16.4 Å². The molecule has 0 radical (unpaired) electrons. The van der Waals surface area contributed by atoms with Gasteiger partial charge in [0.25, 0.3) is 12.4 Å². The number of carboxylic acid groups (broad SMARTS) is 1. The van der Waals surface area contributed by atoms with E-state index in [0.717, 1.165) is 69.4 Å². The number of anilines is 1. The Bertz CT molecular complexity index is 1060. The number of carbonyl (C=O) groups excluding carboxylic acids is 3. The predicted octanol–water partition coefficient (Wildman–Crippen LogP) is 2.57. The lowest BCUT2D eigenvalue weighted by Gasteiger charge is -2.34. The molecule has 10 nitrogen and oxygen atoms in total. The maximum Gasteiger partial charge on any atom is 0.290 e. The second kappa shape index (κ2) is 13.0. The number of rotatable bonds is 6. The summed E-state index contributed by atoms with van der Waals surface area (Å²) in [5.74, 6) is -0.267. The minimum Gasteiger partial charge on any atom is -0.483 e. The molecule has 2 saturated heterocycles. The first-order valence-corrected chi connectivity index (χ1v) is 13.5. The molecule has 206 valence electrons. The minimum atomic E-state index is -0.602. The molecule has 3 fully saturated rings. The standard InChI is InChI=1S/C27H36N4O4.CH2O2/c28-19-7-5-18(6-8-19)22(9-4-17-12-14-35-15-13-17)29-23-3-1-2-20-21(23)16-31(27(20)34)24-10-11-25(32)30-26(24)33;2-1-3/h1-4,18-19,22,24,29H,5-16,28H2,(H,30,32,33);1H,(H,2,3)/t18?,19?,22-,24-;/m1./s1. The molecule has 3 heterocycles. The topological polar surface area (TPSA) is 151 Å². The smallest absolute Gasteiger partial charge is 0.290 e. The third-order valence-electron chi connectivity index (χ3n) is 8.10. The molecule has 0 unspecified atom stereocenters. The Labute approximate surface area is 223 Å². The molecule has 1 aromatic rings. The van der Waals surface area contributed by atoms with Crippen LogP contribution in [0, 0.1) is 5.92 Å². The van der Waals surface area contributed by atoms with E-state index in [1.807, 2.05) is 18.2 Å². The number of fused-ring (bicyclic) bond motifs is 1. The number of hydrogen-bond donors (Lipinski definition) is 4. The molecule has 10 heteroatoms. The molecule has 4 aliphatic rings. The van der Waals surface area contributed by atoms with E-state index in [0.29, 0.717) is 30.5 Å². The zero-order valence-corrected chi connectivity index (χ0v) is 21.7. The minimum absolute atomic E-state index is 0.136. The van der Waals surface area contributed by atoms with Gasteiger partial charge in [0, 0.05) is 41.9 Å². The van der Waals surface area contributed by atoms with E-state index in [9.17, 15) is 14.4 Å². The molecule has 1 aromatic carbocycles. The number of carbonyl (C=O) groups is 4. The van der Waals surface area contributed by atoms with Crippen molar-refractivity contribution in [1.82, 2.24) is 10.2 Å². The summed E-state index contributed by atoms with van der Waals surface area (Å²) in [5.41, 5.74) is 10.2. The largest absolute Gasteiger partial charge is 0.483 e. The first-order chi connectivity index (χ1) is 18.4. The van der Waals surface area contributed by atoms with Crippen molar-refractivity contribution in [2.45, 2.75) is 82.5 Å². The van der Waals surface area contributed by atoms with Crippen LogP contribution in [0.5, 0.6) is 0 Å². The summed E-state index contributed by atoms with van der Waals surface area (Å²) in [5, 5.41) is 13.1. The number of ether oxygens (including phenoxy) is 1. The monoisotopic (exact) mass is 526 g/mol. The van der Waals surface area contributed by atoms with Crippen molar-refractivity contribution in [2.24, 2.45) is 11.7 Å². The normalized spacial score (nSPS) is 26.0. The van der Waals surface area contributed by atoms with Crippen molar-refractivity contribution in [1.29, 1.82) is 0 Å². The van der Waals surface area contributed by atoms with E-state index >= 15 is 0 Å². The fraction of sp³-hybridized carbons (Fsp3) is 0.571. The van der Waals surface area contributed by atoms with Gasteiger partial charge in [0.1, 0.15) is 6.04 Å². The van der Waals surface area contributed by atoms with Gasteiger partial charge in [-0.25, -0.2) is 0 Å². The van der Waals surface area contributed by atoms with Crippen LogP contribution in [-0.2, 0) is 25.7 Å². The highest BCUT2D eigenvalue weighted by Gasteiger charge is 2.40. The predicted molar refractivity (Wildman–Crippen MR) is 141 cm³/mol. The van der Waals surface area contributed by atoms with E-state index in [1.165, 1.54) is 5.57 Å². The summed E-state index contributed by atoms with van der Waals surface area (Å²) in [6.45, 7) is 1.73. The summed E-state index contributed by atoms with van der Waals surface area (Å²) in [6.07, 6.45) is 10.2. The average Bonchev–Trinajstić information content (AvgIpc) is 3.25. The van der Waals surface area contributed by atoms with Crippen LogP contribution in [0.1, 0.15) is 73.7 Å². The Kier molecular flexibility index (Phi) is 9.52. The highest BCUT2D eigenvalue weighted by Crippen LogP contribution is 2.35. The Morgan fingerprint density at radius 2 is 1.82 bits per heavy atom. The van der Waals surface area contributed by atoms with Gasteiger partial charge in [0.2, 0.25) is 11.8 Å². The van der Waals surface area contributed by atoms with Crippen LogP contribution in [0.4, 0.5) is 5.69 Å². The fourth-order valence-electron chi connectivity index (χ4n) is 5.97. The summed E-state index contributed by atoms with van der Waals surface area (Å²) in [6, 6.07) is 5.74. The van der Waals surface area contributed by atoms with Crippen molar-refractivity contribution >= 4 is 29.9 Å². The van der Waals surface area contributed by atoms with Gasteiger partial charge in [-0.05, 0) is 69.4 Å². The van der Waals surface area contributed by atoms with E-state index in [2.05, 4.69) is 16.7 Å². The number of nitrogens with two attached hydrogens (primary N) is 1. The zero-order chi connectivity index (χ0) is 27.1. The molecule has 3 amide bonds. The summed E-state index contributed by atoms with van der Waals surface area (Å²) in [7, 11) is 0. The highest BCUT2D eigenvalue weighted by atomic mass is 16.5. The quantitative estimate of drug-likeness (QED) is 0.251. The van der Waals surface area contributed by atoms with Gasteiger partial charge in [-0.2, -0.15) is 0 Å². The van der Waals surface area contributed by atoms with Gasteiger partial charge >= 0.3 is 0 Å². The number of amides is 3. The molecule has 5 rings (SSSR count). The summed E-state index contributed by atoms with van der Waals surface area (Å²) < 4.78 is 5.51. The Morgan fingerprint density at radius 1 is 1.11 bits per heavy atom. The number of hydrogen-bond acceptors (Lipinski definition) is 7. The maximum absolute atomic E-state index is 13.2. The second-order valence-corrected chi connectivity index (χ2v) is 10.5. The van der Waals surface area contributed by atoms with Crippen LogP contribution in [-0.4, -0.2) is 65.5 Å². The SMILES string of the molecule is NC1CCC([C@@H](CC=C2CCOCC2)Nc2cccc3c2CN([C@@H]2CCC(=O)NC2=O)C3=O)CC1.O=CO. The summed E-state index contributed by atoms with van der Waals surface area (Å²) in [4.78, 5) is 47.3. The molecular formula is C28H38N4O6. The van der Waals surface area contributed by atoms with E-state index in [1.54, 1.807) is 4.90 Å². The van der Waals surface area contributed by atoms with Crippen molar-refractivity contribution in [3.05, 3.63) is 41.0 Å². The van der Waals surface area contributed by atoms with Gasteiger partial charge in [0.15, 0.2) is 0 Å². The van der Waals surface area contributed by atoms with Crippen LogP contribution in [0.2, 0.25) is 0 Å². The number of nitrogens with zero attached hydrogens (tertiary/aromatic N) is 1. The number of nitrogens with one attached hydrogen (secondary N) is 2.